The molecule has 0 aliphatic carbocycles. The van der Waals surface area contributed by atoms with Crippen LogP contribution in [0.2, 0.25) is 5.15 Å². The van der Waals surface area contributed by atoms with Crippen LogP contribution in [0, 0.1) is 16.1 Å². The van der Waals surface area contributed by atoms with E-state index in [9.17, 15) is 14.5 Å². The Morgan fingerprint density at radius 1 is 1.64 bits per heavy atom. The molecule has 0 aromatic carbocycles. The van der Waals surface area contributed by atoms with Gasteiger partial charge in [-0.25, -0.2) is 4.98 Å². The normalized spacial score (nSPS) is 9.64. The van der Waals surface area contributed by atoms with E-state index in [-0.39, 0.29) is 0 Å². The van der Waals surface area contributed by atoms with Gasteiger partial charge >= 0.3 is 5.69 Å². The predicted molar refractivity (Wildman–Crippen MR) is 35.9 cm³/mol. The highest BCUT2D eigenvalue weighted by atomic mass is 35.5. The summed E-state index contributed by atoms with van der Waals surface area (Å²) in [5, 5.41) is 9.66. The molecule has 0 aliphatic heterocycles. The maximum Gasteiger partial charge on any atom is 0.306 e. The molecule has 11 heavy (non-hydrogen) atoms. The van der Waals surface area contributed by atoms with Crippen LogP contribution in [0.5, 0.6) is 0 Å². The molecule has 0 fully saturated rings. The molecular weight excluding hydrogens is 175 g/mol. The van der Waals surface area contributed by atoms with Crippen molar-refractivity contribution in [3.05, 3.63) is 33.3 Å². The van der Waals surface area contributed by atoms with Crippen molar-refractivity contribution in [3.63, 3.8) is 0 Å². The third kappa shape index (κ3) is 1.62. The van der Waals surface area contributed by atoms with E-state index in [0.717, 1.165) is 12.1 Å². The Bertz CT molecular complexity index is 305. The molecule has 4 nitrogen and oxygen atoms in total. The number of hydrogen-bond donors (Lipinski definition) is 0. The largest absolute Gasteiger partial charge is 0.306 e. The summed E-state index contributed by atoms with van der Waals surface area (Å²) in [5.41, 5.74) is -0.395. The van der Waals surface area contributed by atoms with Crippen LogP contribution in [0.25, 0.3) is 0 Å². The molecule has 6 heteroatoms. The smallest absolute Gasteiger partial charge is 0.258 e. The average molecular weight is 177 g/mol. The summed E-state index contributed by atoms with van der Waals surface area (Å²) in [5.74, 6) is -0.833. The standard InChI is InChI=1S/C5H2ClFN2O2/c6-5-3(9(10)11)1-2-4(7)8-5/h1-2H. The number of halogens is 2. The molecule has 0 radical (unpaired) electrons. The first-order valence-electron chi connectivity index (χ1n) is 2.57. The number of rotatable bonds is 1. The summed E-state index contributed by atoms with van der Waals surface area (Å²) in [4.78, 5) is 12.4. The van der Waals surface area contributed by atoms with Gasteiger partial charge in [0.2, 0.25) is 11.1 Å². The molecule has 0 saturated heterocycles. The van der Waals surface area contributed by atoms with Crippen molar-refractivity contribution in [1.29, 1.82) is 0 Å². The van der Waals surface area contributed by atoms with Gasteiger partial charge in [-0.2, -0.15) is 4.39 Å². The van der Waals surface area contributed by atoms with E-state index in [2.05, 4.69) is 4.98 Å². The molecule has 0 saturated carbocycles. The summed E-state index contributed by atoms with van der Waals surface area (Å²) in [6, 6.07) is 1.84. The van der Waals surface area contributed by atoms with Crippen LogP contribution in [0.15, 0.2) is 12.1 Å². The Morgan fingerprint density at radius 3 is 2.73 bits per heavy atom. The summed E-state index contributed by atoms with van der Waals surface area (Å²) in [6.07, 6.45) is 0. The lowest BCUT2D eigenvalue weighted by atomic mass is 10.4. The highest BCUT2D eigenvalue weighted by Crippen LogP contribution is 2.20. The van der Waals surface area contributed by atoms with Crippen molar-refractivity contribution in [1.82, 2.24) is 4.98 Å². The quantitative estimate of drug-likeness (QED) is 0.372. The van der Waals surface area contributed by atoms with Crippen LogP contribution in [-0.4, -0.2) is 9.91 Å². The van der Waals surface area contributed by atoms with Crippen LogP contribution in [0.3, 0.4) is 0 Å². The van der Waals surface area contributed by atoms with Crippen LogP contribution < -0.4 is 0 Å². The molecule has 58 valence electrons. The van der Waals surface area contributed by atoms with Gasteiger partial charge < -0.3 is 0 Å². The number of nitrogens with zero attached hydrogens (tertiary/aromatic N) is 2. The van der Waals surface area contributed by atoms with E-state index in [0.29, 0.717) is 0 Å². The first kappa shape index (κ1) is 7.87. The summed E-state index contributed by atoms with van der Waals surface area (Å²) >= 11 is 5.23. The Kier molecular flexibility index (Phi) is 2.00. The fraction of sp³-hybridized carbons (Fsp3) is 0. The van der Waals surface area contributed by atoms with E-state index in [1.807, 2.05) is 0 Å². The minimum atomic E-state index is -0.833. The zero-order valence-electron chi connectivity index (χ0n) is 5.12. The molecule has 0 amide bonds. The van der Waals surface area contributed by atoms with E-state index in [1.165, 1.54) is 0 Å². The maximum absolute atomic E-state index is 12.2. The Morgan fingerprint density at radius 2 is 2.27 bits per heavy atom. The number of nitro groups is 1. The second-order valence-corrected chi connectivity index (χ2v) is 2.06. The van der Waals surface area contributed by atoms with Crippen molar-refractivity contribution < 1.29 is 9.31 Å². The summed E-state index contributed by atoms with van der Waals surface area (Å²) in [7, 11) is 0. The van der Waals surface area contributed by atoms with Gasteiger partial charge in [-0.15, -0.1) is 0 Å². The van der Waals surface area contributed by atoms with Gasteiger partial charge in [0, 0.05) is 12.1 Å². The number of pyridine rings is 1. The lowest BCUT2D eigenvalue weighted by Crippen LogP contribution is -1.92. The Balaban J connectivity index is 3.20. The van der Waals surface area contributed by atoms with Gasteiger partial charge in [0.15, 0.2) is 0 Å². The van der Waals surface area contributed by atoms with Crippen molar-refractivity contribution in [3.8, 4) is 0 Å². The molecule has 1 aromatic heterocycles. The Labute approximate surface area is 65.8 Å². The minimum Gasteiger partial charge on any atom is -0.258 e. The van der Waals surface area contributed by atoms with Crippen LogP contribution in [0.1, 0.15) is 0 Å². The Hall–Kier alpha value is -1.23. The SMILES string of the molecule is O=[N+]([O-])c1ccc(F)nc1Cl. The van der Waals surface area contributed by atoms with Gasteiger partial charge in [0.1, 0.15) is 0 Å². The third-order valence-corrected chi connectivity index (χ3v) is 1.27. The summed E-state index contributed by atoms with van der Waals surface area (Å²) in [6.45, 7) is 0. The van der Waals surface area contributed by atoms with Crippen molar-refractivity contribution in [2.24, 2.45) is 0 Å². The molecule has 0 aliphatic rings. The van der Waals surface area contributed by atoms with Crippen LogP contribution >= 0.6 is 11.6 Å². The van der Waals surface area contributed by atoms with Gasteiger partial charge in [-0.05, 0) is 0 Å². The third-order valence-electron chi connectivity index (χ3n) is 0.992. The highest BCUT2D eigenvalue weighted by Gasteiger charge is 2.12. The van der Waals surface area contributed by atoms with E-state index >= 15 is 0 Å². The van der Waals surface area contributed by atoms with Crippen molar-refractivity contribution in [2.45, 2.75) is 0 Å². The predicted octanol–water partition coefficient (Wildman–Crippen LogP) is 1.78. The fourth-order valence-corrected chi connectivity index (χ4v) is 0.754. The lowest BCUT2D eigenvalue weighted by Gasteiger charge is -1.91. The van der Waals surface area contributed by atoms with E-state index in [4.69, 9.17) is 11.6 Å². The zero-order chi connectivity index (χ0) is 8.43. The monoisotopic (exact) mass is 176 g/mol. The molecular formula is C5H2ClFN2O2. The van der Waals surface area contributed by atoms with E-state index in [1.54, 1.807) is 0 Å². The van der Waals surface area contributed by atoms with Crippen molar-refractivity contribution in [2.75, 3.05) is 0 Å². The van der Waals surface area contributed by atoms with E-state index < -0.39 is 21.7 Å². The van der Waals surface area contributed by atoms with Gasteiger partial charge in [-0.1, -0.05) is 11.6 Å². The van der Waals surface area contributed by atoms with Gasteiger partial charge in [-0.3, -0.25) is 10.1 Å². The molecule has 1 aromatic rings. The lowest BCUT2D eigenvalue weighted by molar-refractivity contribution is -0.385. The number of hydrogen-bond acceptors (Lipinski definition) is 3. The second kappa shape index (κ2) is 2.79. The minimum absolute atomic E-state index is 0.395. The summed E-state index contributed by atoms with van der Waals surface area (Å²) < 4.78 is 12.2. The molecule has 0 spiro atoms. The second-order valence-electron chi connectivity index (χ2n) is 1.70. The maximum atomic E-state index is 12.2. The molecule has 0 atom stereocenters. The fourth-order valence-electron chi connectivity index (χ4n) is 0.541. The molecule has 1 heterocycles. The van der Waals surface area contributed by atoms with Crippen molar-refractivity contribution >= 4 is 17.3 Å². The average Bonchev–Trinajstić information content (AvgIpc) is 1.85. The molecule has 0 N–H and O–H groups in total. The molecule has 0 unspecified atom stereocenters. The molecule has 0 bridgehead atoms. The topological polar surface area (TPSA) is 56.0 Å². The van der Waals surface area contributed by atoms with Gasteiger partial charge in [0.05, 0.1) is 4.92 Å². The van der Waals surface area contributed by atoms with Crippen LogP contribution in [-0.2, 0) is 0 Å². The zero-order valence-corrected chi connectivity index (χ0v) is 5.88. The van der Waals surface area contributed by atoms with Gasteiger partial charge in [0.25, 0.3) is 0 Å². The van der Waals surface area contributed by atoms with Crippen LogP contribution in [0.4, 0.5) is 10.1 Å². The first-order valence-corrected chi connectivity index (χ1v) is 2.95. The number of aromatic nitrogens is 1. The highest BCUT2D eigenvalue weighted by molar-refractivity contribution is 6.31. The first-order chi connectivity index (χ1) is 5.11. The molecule has 1 rings (SSSR count).